The Hall–Kier alpha value is -2.18. The lowest BCUT2D eigenvalue weighted by Crippen LogP contribution is -2.53. The van der Waals surface area contributed by atoms with Gasteiger partial charge in [0.15, 0.2) is 5.78 Å². The molecule has 164 valence electrons. The molecule has 1 unspecified atom stereocenters. The first-order valence-corrected chi connectivity index (χ1v) is 12.1. The van der Waals surface area contributed by atoms with Gasteiger partial charge in [-0.3, -0.25) is 9.69 Å². The van der Waals surface area contributed by atoms with Gasteiger partial charge in [-0.15, -0.1) is 11.3 Å². The summed E-state index contributed by atoms with van der Waals surface area (Å²) in [6, 6.07) is 8.30. The molecule has 3 fully saturated rings. The Balaban J connectivity index is 1.34. The van der Waals surface area contributed by atoms with E-state index in [1.54, 1.807) is 6.92 Å². The third-order valence-electron chi connectivity index (χ3n) is 7.29. The summed E-state index contributed by atoms with van der Waals surface area (Å²) in [7, 11) is 0. The van der Waals surface area contributed by atoms with Crippen LogP contribution < -0.4 is 5.32 Å². The molecule has 6 rings (SSSR count). The number of thiophene rings is 1. The molecule has 1 aliphatic carbocycles. The van der Waals surface area contributed by atoms with Crippen LogP contribution >= 0.6 is 11.3 Å². The van der Waals surface area contributed by atoms with Crippen molar-refractivity contribution in [3.05, 3.63) is 45.6 Å². The van der Waals surface area contributed by atoms with E-state index in [2.05, 4.69) is 42.3 Å². The van der Waals surface area contributed by atoms with E-state index in [1.165, 1.54) is 16.9 Å². The van der Waals surface area contributed by atoms with Crippen LogP contribution in [-0.4, -0.2) is 42.5 Å². The fourth-order valence-electron chi connectivity index (χ4n) is 5.64. The van der Waals surface area contributed by atoms with Gasteiger partial charge in [0.05, 0.1) is 10.9 Å². The van der Waals surface area contributed by atoms with Gasteiger partial charge in [-0.1, -0.05) is 32.0 Å². The van der Waals surface area contributed by atoms with Crippen molar-refractivity contribution in [3.63, 3.8) is 0 Å². The topological polar surface area (TPSA) is 58.6 Å². The van der Waals surface area contributed by atoms with E-state index in [0.29, 0.717) is 5.92 Å². The number of fused-ring (bicyclic) bond motifs is 4. The van der Waals surface area contributed by atoms with Crippen LogP contribution in [0.4, 0.5) is 4.79 Å². The molecule has 4 aliphatic rings. The van der Waals surface area contributed by atoms with Crippen molar-refractivity contribution in [1.29, 1.82) is 0 Å². The van der Waals surface area contributed by atoms with Gasteiger partial charge in [-0.05, 0) is 78.7 Å². The van der Waals surface area contributed by atoms with Gasteiger partial charge >= 0.3 is 6.09 Å². The number of benzene rings is 1. The number of nitrogens with one attached hydrogen (secondary N) is 1. The van der Waals surface area contributed by atoms with E-state index in [4.69, 9.17) is 4.74 Å². The average molecular weight is 439 g/mol. The molecule has 3 aliphatic heterocycles. The van der Waals surface area contributed by atoms with Crippen LogP contribution in [0.2, 0.25) is 0 Å². The Morgan fingerprint density at radius 3 is 2.65 bits per heavy atom. The molecule has 0 saturated carbocycles. The van der Waals surface area contributed by atoms with Crippen molar-refractivity contribution < 1.29 is 14.3 Å². The number of alkyl carbamates (subject to hydrolysis) is 1. The SMILES string of the molecule is CC(=O)c1sccc1-c1ccc2c(c1)CC(C)(C)C2NC(=O)O[C@@H]1CN2CCC1CC2. The minimum absolute atomic E-state index is 0.0115. The van der Waals surface area contributed by atoms with Crippen LogP contribution in [0.3, 0.4) is 0 Å². The molecule has 2 aromatic rings. The molecule has 31 heavy (non-hydrogen) atoms. The Bertz CT molecular complexity index is 1020. The van der Waals surface area contributed by atoms with Crippen molar-refractivity contribution in [3.8, 4) is 11.1 Å². The maximum atomic E-state index is 12.8. The highest BCUT2D eigenvalue weighted by Crippen LogP contribution is 2.46. The second-order valence-electron chi connectivity index (χ2n) is 9.96. The van der Waals surface area contributed by atoms with Crippen LogP contribution in [0.15, 0.2) is 29.6 Å². The van der Waals surface area contributed by atoms with Gasteiger partial charge in [-0.2, -0.15) is 0 Å². The van der Waals surface area contributed by atoms with Crippen molar-refractivity contribution in [2.24, 2.45) is 11.3 Å². The van der Waals surface area contributed by atoms with Crippen molar-refractivity contribution >= 4 is 23.2 Å². The number of hydrogen-bond donors (Lipinski definition) is 1. The van der Waals surface area contributed by atoms with E-state index >= 15 is 0 Å². The molecule has 0 spiro atoms. The number of hydrogen-bond acceptors (Lipinski definition) is 5. The zero-order valence-electron chi connectivity index (χ0n) is 18.4. The lowest BCUT2D eigenvalue weighted by atomic mass is 9.85. The van der Waals surface area contributed by atoms with Crippen LogP contribution in [-0.2, 0) is 11.2 Å². The first-order chi connectivity index (χ1) is 14.8. The highest BCUT2D eigenvalue weighted by Gasteiger charge is 2.42. The van der Waals surface area contributed by atoms with Gasteiger partial charge < -0.3 is 10.1 Å². The summed E-state index contributed by atoms with van der Waals surface area (Å²) >= 11 is 1.49. The van der Waals surface area contributed by atoms with Crippen molar-refractivity contribution in [1.82, 2.24) is 10.2 Å². The lowest BCUT2D eigenvalue weighted by Gasteiger charge is -2.44. The van der Waals surface area contributed by atoms with Gasteiger partial charge in [0.2, 0.25) is 0 Å². The molecule has 3 saturated heterocycles. The van der Waals surface area contributed by atoms with E-state index in [-0.39, 0.29) is 29.4 Å². The number of carbonyl (C=O) groups is 2. The summed E-state index contributed by atoms with van der Waals surface area (Å²) in [6.07, 6.45) is 2.84. The molecule has 1 aromatic heterocycles. The number of piperidine rings is 3. The molecule has 2 bridgehead atoms. The summed E-state index contributed by atoms with van der Waals surface area (Å²) in [5.74, 6) is 0.601. The van der Waals surface area contributed by atoms with Gasteiger partial charge in [-0.25, -0.2) is 4.79 Å². The number of ketones is 1. The number of ether oxygens (including phenoxy) is 1. The summed E-state index contributed by atoms with van der Waals surface area (Å²) < 4.78 is 5.89. The van der Waals surface area contributed by atoms with Gasteiger partial charge in [0.25, 0.3) is 0 Å². The Morgan fingerprint density at radius 1 is 1.19 bits per heavy atom. The quantitative estimate of drug-likeness (QED) is 0.678. The van der Waals surface area contributed by atoms with Crippen molar-refractivity contribution in [2.75, 3.05) is 19.6 Å². The van der Waals surface area contributed by atoms with E-state index < -0.39 is 0 Å². The smallest absolute Gasteiger partial charge is 0.407 e. The number of nitrogens with zero attached hydrogens (tertiary/aromatic N) is 1. The van der Waals surface area contributed by atoms with Crippen LogP contribution in [0, 0.1) is 11.3 Å². The Kier molecular flexibility index (Phi) is 5.18. The second-order valence-corrected chi connectivity index (χ2v) is 10.9. The van der Waals surface area contributed by atoms with E-state index in [9.17, 15) is 9.59 Å². The largest absolute Gasteiger partial charge is 0.445 e. The first-order valence-electron chi connectivity index (χ1n) is 11.2. The zero-order valence-corrected chi connectivity index (χ0v) is 19.3. The second kappa shape index (κ2) is 7.75. The van der Waals surface area contributed by atoms with E-state index in [1.807, 2.05) is 11.4 Å². The summed E-state index contributed by atoms with van der Waals surface area (Å²) in [5.41, 5.74) is 4.34. The highest BCUT2D eigenvalue weighted by molar-refractivity contribution is 7.12. The number of carbonyl (C=O) groups excluding carboxylic acids is 2. The van der Waals surface area contributed by atoms with Crippen molar-refractivity contribution in [2.45, 2.75) is 52.2 Å². The molecule has 5 nitrogen and oxygen atoms in total. The van der Waals surface area contributed by atoms with Gasteiger partial charge in [0, 0.05) is 12.1 Å². The third-order valence-corrected chi connectivity index (χ3v) is 8.31. The number of amides is 1. The lowest BCUT2D eigenvalue weighted by molar-refractivity contribution is -0.0348. The monoisotopic (exact) mass is 438 g/mol. The molecule has 1 aromatic carbocycles. The minimum Gasteiger partial charge on any atom is -0.445 e. The molecule has 2 atom stereocenters. The molecule has 1 amide bonds. The van der Waals surface area contributed by atoms with Crippen LogP contribution in [0.1, 0.15) is 60.5 Å². The third kappa shape index (κ3) is 3.80. The highest BCUT2D eigenvalue weighted by atomic mass is 32.1. The molecule has 6 heteroatoms. The Labute approximate surface area is 187 Å². The molecule has 0 radical (unpaired) electrons. The molecular formula is C25H30N2O3S. The molecular weight excluding hydrogens is 408 g/mol. The standard InChI is InChI=1S/C25H30N2O3S/c1-15(28)22-19(8-11-31-22)17-4-5-20-18(12-17)13-25(2,3)23(20)26-24(29)30-21-14-27-9-6-16(21)7-10-27/h4-5,8,11-12,16,21,23H,6-7,9-10,13-14H2,1-3H3,(H,26,29)/t21-,23?/m1/s1. The minimum atomic E-state index is -0.301. The fraction of sp³-hybridized carbons (Fsp3) is 0.520. The van der Waals surface area contributed by atoms with Gasteiger partial charge in [0.1, 0.15) is 6.10 Å². The molecule has 4 heterocycles. The predicted octanol–water partition coefficient (Wildman–Crippen LogP) is 5.06. The summed E-state index contributed by atoms with van der Waals surface area (Å²) in [5, 5.41) is 5.15. The normalized spacial score (nSPS) is 28.2. The maximum absolute atomic E-state index is 12.8. The summed E-state index contributed by atoms with van der Waals surface area (Å²) in [4.78, 5) is 28.0. The fourth-order valence-corrected chi connectivity index (χ4v) is 6.46. The number of Topliss-reactive ketones (excluding diaryl/α,β-unsaturated/α-hetero) is 1. The predicted molar refractivity (Wildman–Crippen MR) is 123 cm³/mol. The number of rotatable bonds is 4. The average Bonchev–Trinajstić information content (AvgIpc) is 3.31. The van der Waals surface area contributed by atoms with Crippen LogP contribution in [0.5, 0.6) is 0 Å². The molecule has 1 N–H and O–H groups in total. The summed E-state index contributed by atoms with van der Waals surface area (Å²) in [6.45, 7) is 9.13. The zero-order chi connectivity index (χ0) is 21.8. The van der Waals surface area contributed by atoms with Crippen LogP contribution in [0.25, 0.3) is 11.1 Å². The maximum Gasteiger partial charge on any atom is 0.407 e. The Morgan fingerprint density at radius 2 is 1.97 bits per heavy atom. The van der Waals surface area contributed by atoms with E-state index in [0.717, 1.165) is 60.5 Å². The first kappa shape index (κ1) is 20.7.